The first-order chi connectivity index (χ1) is 10.8. The summed E-state index contributed by atoms with van der Waals surface area (Å²) in [5.41, 5.74) is 2.77. The number of anilines is 1. The zero-order valence-electron chi connectivity index (χ0n) is 13.3. The number of benzene rings is 1. The Balaban J connectivity index is 1.61. The van der Waals surface area contributed by atoms with Crippen LogP contribution in [0, 0.1) is 5.92 Å². The molecule has 1 aromatic carbocycles. The van der Waals surface area contributed by atoms with Crippen molar-refractivity contribution in [1.82, 2.24) is 4.90 Å². The fourth-order valence-electron chi connectivity index (χ4n) is 3.69. The van der Waals surface area contributed by atoms with Crippen molar-refractivity contribution in [2.24, 2.45) is 5.92 Å². The standard InChI is InChI=1S/C19H26N2O/c1-2-19(22)21-12-9-17(15-21)13-16-7-6-8-18(14-16)20-10-4-3-5-11-20/h2,6-8,14,17H,1,3-5,9-13,15H2/t17-/m1/s1. The van der Waals surface area contributed by atoms with Gasteiger partial charge in [-0.25, -0.2) is 0 Å². The van der Waals surface area contributed by atoms with Crippen LogP contribution in [0.3, 0.4) is 0 Å². The summed E-state index contributed by atoms with van der Waals surface area (Å²) in [4.78, 5) is 16.1. The molecule has 1 amide bonds. The SMILES string of the molecule is C=CC(=O)N1CC[C@H](Cc2cccc(N3CCCCC3)c2)C1. The summed E-state index contributed by atoms with van der Waals surface area (Å²) in [5, 5.41) is 0. The molecule has 2 aliphatic heterocycles. The van der Waals surface area contributed by atoms with Crippen molar-refractivity contribution in [3.05, 3.63) is 42.5 Å². The fraction of sp³-hybridized carbons (Fsp3) is 0.526. The third-order valence-corrected chi connectivity index (χ3v) is 4.93. The Morgan fingerprint density at radius 1 is 1.23 bits per heavy atom. The van der Waals surface area contributed by atoms with E-state index in [0.717, 1.165) is 25.9 Å². The van der Waals surface area contributed by atoms with Crippen LogP contribution in [0.1, 0.15) is 31.2 Å². The molecule has 0 saturated carbocycles. The Hall–Kier alpha value is -1.77. The number of hydrogen-bond acceptors (Lipinski definition) is 2. The number of rotatable bonds is 4. The molecule has 22 heavy (non-hydrogen) atoms. The van der Waals surface area contributed by atoms with Gasteiger partial charge < -0.3 is 9.80 Å². The number of piperidine rings is 1. The molecule has 1 aromatic rings. The molecule has 0 N–H and O–H groups in total. The maximum absolute atomic E-state index is 11.7. The minimum Gasteiger partial charge on any atom is -0.372 e. The van der Waals surface area contributed by atoms with Gasteiger partial charge >= 0.3 is 0 Å². The zero-order chi connectivity index (χ0) is 15.4. The van der Waals surface area contributed by atoms with E-state index in [2.05, 4.69) is 35.7 Å². The summed E-state index contributed by atoms with van der Waals surface area (Å²) in [6.07, 6.45) is 7.60. The highest BCUT2D eigenvalue weighted by molar-refractivity contribution is 5.87. The first-order valence-electron chi connectivity index (χ1n) is 8.51. The predicted octanol–water partition coefficient (Wildman–Crippen LogP) is 3.25. The van der Waals surface area contributed by atoms with Crippen molar-refractivity contribution in [3.63, 3.8) is 0 Å². The number of nitrogens with zero attached hydrogens (tertiary/aromatic N) is 2. The summed E-state index contributed by atoms with van der Waals surface area (Å²) in [6, 6.07) is 8.99. The van der Waals surface area contributed by atoms with Crippen molar-refractivity contribution in [2.75, 3.05) is 31.1 Å². The molecule has 0 spiro atoms. The van der Waals surface area contributed by atoms with Crippen LogP contribution in [0.25, 0.3) is 0 Å². The lowest BCUT2D eigenvalue weighted by Crippen LogP contribution is -2.29. The van der Waals surface area contributed by atoms with Gasteiger partial charge in [-0.15, -0.1) is 0 Å². The Morgan fingerprint density at radius 3 is 2.82 bits per heavy atom. The van der Waals surface area contributed by atoms with E-state index < -0.39 is 0 Å². The molecule has 0 bridgehead atoms. The number of amides is 1. The highest BCUT2D eigenvalue weighted by atomic mass is 16.2. The Morgan fingerprint density at radius 2 is 2.05 bits per heavy atom. The lowest BCUT2D eigenvalue weighted by molar-refractivity contribution is -0.125. The highest BCUT2D eigenvalue weighted by Gasteiger charge is 2.25. The molecule has 2 aliphatic rings. The fourth-order valence-corrected chi connectivity index (χ4v) is 3.69. The second-order valence-corrected chi connectivity index (χ2v) is 6.56. The van der Waals surface area contributed by atoms with Crippen LogP contribution in [-0.4, -0.2) is 37.0 Å². The number of likely N-dealkylation sites (tertiary alicyclic amines) is 1. The van der Waals surface area contributed by atoms with Gasteiger partial charge in [-0.05, 0) is 61.8 Å². The minimum atomic E-state index is 0.0737. The summed E-state index contributed by atoms with van der Waals surface area (Å²) in [5.74, 6) is 0.657. The molecule has 0 aromatic heterocycles. The van der Waals surface area contributed by atoms with E-state index in [4.69, 9.17) is 0 Å². The normalized spacial score (nSPS) is 21.9. The third-order valence-electron chi connectivity index (χ3n) is 4.93. The molecule has 3 heteroatoms. The summed E-state index contributed by atoms with van der Waals surface area (Å²) < 4.78 is 0. The molecule has 1 atom stereocenters. The Kier molecular flexibility index (Phi) is 4.81. The number of hydrogen-bond donors (Lipinski definition) is 0. The topological polar surface area (TPSA) is 23.6 Å². The maximum atomic E-state index is 11.7. The molecular weight excluding hydrogens is 272 g/mol. The minimum absolute atomic E-state index is 0.0737. The molecule has 2 fully saturated rings. The molecular formula is C19H26N2O. The average Bonchev–Trinajstić information content (AvgIpc) is 3.04. The average molecular weight is 298 g/mol. The Labute approximate surface area is 133 Å². The van der Waals surface area contributed by atoms with Gasteiger partial charge in [0.15, 0.2) is 0 Å². The monoisotopic (exact) mass is 298 g/mol. The van der Waals surface area contributed by atoms with Crippen LogP contribution in [0.4, 0.5) is 5.69 Å². The molecule has 0 aliphatic carbocycles. The van der Waals surface area contributed by atoms with Crippen LogP contribution in [-0.2, 0) is 11.2 Å². The van der Waals surface area contributed by atoms with Crippen LogP contribution >= 0.6 is 0 Å². The lowest BCUT2D eigenvalue weighted by atomic mass is 9.98. The van der Waals surface area contributed by atoms with Crippen molar-refractivity contribution in [3.8, 4) is 0 Å². The molecule has 2 heterocycles. The van der Waals surface area contributed by atoms with E-state index in [1.807, 2.05) is 4.90 Å². The quantitative estimate of drug-likeness (QED) is 0.797. The predicted molar refractivity (Wildman–Crippen MR) is 91.1 cm³/mol. The molecule has 3 rings (SSSR count). The van der Waals surface area contributed by atoms with Crippen LogP contribution in [0.15, 0.2) is 36.9 Å². The smallest absolute Gasteiger partial charge is 0.245 e. The summed E-state index contributed by atoms with van der Waals surface area (Å²) in [7, 11) is 0. The molecule has 118 valence electrons. The summed E-state index contributed by atoms with van der Waals surface area (Å²) >= 11 is 0. The first-order valence-corrected chi connectivity index (χ1v) is 8.51. The van der Waals surface area contributed by atoms with Gasteiger partial charge in [0.2, 0.25) is 5.91 Å². The number of carbonyl (C=O) groups excluding carboxylic acids is 1. The van der Waals surface area contributed by atoms with Gasteiger partial charge in [0.05, 0.1) is 0 Å². The second kappa shape index (κ2) is 6.99. The van der Waals surface area contributed by atoms with Crippen LogP contribution < -0.4 is 4.90 Å². The molecule has 0 radical (unpaired) electrons. The van der Waals surface area contributed by atoms with Gasteiger partial charge in [-0.3, -0.25) is 4.79 Å². The van der Waals surface area contributed by atoms with Crippen molar-refractivity contribution >= 4 is 11.6 Å². The van der Waals surface area contributed by atoms with Crippen LogP contribution in [0.2, 0.25) is 0 Å². The maximum Gasteiger partial charge on any atom is 0.245 e. The van der Waals surface area contributed by atoms with E-state index >= 15 is 0 Å². The first kappa shape index (κ1) is 15.1. The van der Waals surface area contributed by atoms with Gasteiger partial charge in [0, 0.05) is 31.9 Å². The van der Waals surface area contributed by atoms with E-state index in [1.165, 1.54) is 49.7 Å². The largest absolute Gasteiger partial charge is 0.372 e. The van der Waals surface area contributed by atoms with E-state index in [9.17, 15) is 4.79 Å². The zero-order valence-corrected chi connectivity index (χ0v) is 13.3. The van der Waals surface area contributed by atoms with E-state index in [-0.39, 0.29) is 5.91 Å². The van der Waals surface area contributed by atoms with Gasteiger partial charge in [0.1, 0.15) is 0 Å². The molecule has 2 saturated heterocycles. The van der Waals surface area contributed by atoms with E-state index in [1.54, 1.807) is 0 Å². The van der Waals surface area contributed by atoms with Gasteiger partial charge in [0.25, 0.3) is 0 Å². The van der Waals surface area contributed by atoms with Crippen molar-refractivity contribution in [2.45, 2.75) is 32.1 Å². The third kappa shape index (κ3) is 3.52. The Bertz CT molecular complexity index is 534. The summed E-state index contributed by atoms with van der Waals surface area (Å²) in [6.45, 7) is 7.71. The van der Waals surface area contributed by atoms with Crippen molar-refractivity contribution < 1.29 is 4.79 Å². The van der Waals surface area contributed by atoms with Gasteiger partial charge in [-0.1, -0.05) is 18.7 Å². The molecule has 3 nitrogen and oxygen atoms in total. The number of carbonyl (C=O) groups is 1. The van der Waals surface area contributed by atoms with Gasteiger partial charge in [-0.2, -0.15) is 0 Å². The molecule has 0 unspecified atom stereocenters. The van der Waals surface area contributed by atoms with E-state index in [0.29, 0.717) is 5.92 Å². The second-order valence-electron chi connectivity index (χ2n) is 6.56. The van der Waals surface area contributed by atoms with Crippen molar-refractivity contribution in [1.29, 1.82) is 0 Å². The highest BCUT2D eigenvalue weighted by Crippen LogP contribution is 2.25. The lowest BCUT2D eigenvalue weighted by Gasteiger charge is -2.29. The van der Waals surface area contributed by atoms with Crippen LogP contribution in [0.5, 0.6) is 0 Å².